The average molecular weight is 252 g/mol. The second-order valence-electron chi connectivity index (χ2n) is 5.07. The maximum absolute atomic E-state index is 11.9. The van der Waals surface area contributed by atoms with Gasteiger partial charge in [-0.15, -0.1) is 0 Å². The third-order valence-corrected chi connectivity index (χ3v) is 2.41. The van der Waals surface area contributed by atoms with Crippen LogP contribution in [0.3, 0.4) is 0 Å². The zero-order chi connectivity index (χ0) is 13.8. The summed E-state index contributed by atoms with van der Waals surface area (Å²) in [6.45, 7) is 5.25. The predicted octanol–water partition coefficient (Wildman–Crippen LogP) is 1.98. The molecule has 1 rings (SSSR count). The van der Waals surface area contributed by atoms with Gasteiger partial charge in [-0.25, -0.2) is 4.79 Å². The normalized spacial score (nSPS) is 12.9. The van der Waals surface area contributed by atoms with Crippen LogP contribution in [0, 0.1) is 0 Å². The van der Waals surface area contributed by atoms with E-state index < -0.39 is 17.7 Å². The van der Waals surface area contributed by atoms with Gasteiger partial charge < -0.3 is 14.7 Å². The van der Waals surface area contributed by atoms with Crippen molar-refractivity contribution in [1.82, 2.24) is 9.88 Å². The van der Waals surface area contributed by atoms with Crippen molar-refractivity contribution in [1.29, 1.82) is 0 Å². The van der Waals surface area contributed by atoms with E-state index in [0.717, 1.165) is 5.56 Å². The topological polar surface area (TPSA) is 62.7 Å². The van der Waals surface area contributed by atoms with Gasteiger partial charge in [0.2, 0.25) is 0 Å². The minimum Gasteiger partial charge on any atom is -0.444 e. The molecule has 1 N–H and O–H groups in total. The molecule has 1 unspecified atom stereocenters. The lowest BCUT2D eigenvalue weighted by Crippen LogP contribution is -2.37. The largest absolute Gasteiger partial charge is 0.444 e. The summed E-state index contributed by atoms with van der Waals surface area (Å²) < 4.78 is 5.26. The summed E-state index contributed by atoms with van der Waals surface area (Å²) in [5.41, 5.74) is 0.268. The van der Waals surface area contributed by atoms with E-state index in [4.69, 9.17) is 4.74 Å². The summed E-state index contributed by atoms with van der Waals surface area (Å²) in [5, 5.41) is 9.43. The monoisotopic (exact) mass is 252 g/mol. The number of nitrogens with zero attached hydrogens (tertiary/aromatic N) is 2. The molecule has 1 heterocycles. The van der Waals surface area contributed by atoms with Crippen molar-refractivity contribution in [3.05, 3.63) is 30.1 Å². The molecule has 1 aromatic heterocycles. The van der Waals surface area contributed by atoms with Crippen LogP contribution in [-0.4, -0.2) is 40.3 Å². The van der Waals surface area contributed by atoms with Crippen molar-refractivity contribution in [3.8, 4) is 0 Å². The van der Waals surface area contributed by atoms with Crippen LogP contribution in [0.1, 0.15) is 32.4 Å². The summed E-state index contributed by atoms with van der Waals surface area (Å²) in [7, 11) is 1.61. The summed E-state index contributed by atoms with van der Waals surface area (Å²) in [6.07, 6.45) is 2.79. The molecule has 1 atom stereocenters. The average Bonchev–Trinajstić information content (AvgIpc) is 2.29. The van der Waals surface area contributed by atoms with Gasteiger partial charge in [0.25, 0.3) is 0 Å². The molecule has 0 aliphatic heterocycles. The number of likely N-dealkylation sites (N-methyl/N-ethyl adjacent to an activating group) is 1. The van der Waals surface area contributed by atoms with E-state index in [1.54, 1.807) is 52.3 Å². The molecule has 0 bridgehead atoms. The Bertz CT molecular complexity index is 387. The molecule has 0 aliphatic carbocycles. The van der Waals surface area contributed by atoms with Crippen molar-refractivity contribution in [3.63, 3.8) is 0 Å². The molecule has 0 radical (unpaired) electrons. The summed E-state index contributed by atoms with van der Waals surface area (Å²) in [4.78, 5) is 17.2. The second kappa shape index (κ2) is 5.82. The van der Waals surface area contributed by atoms with Crippen molar-refractivity contribution >= 4 is 6.09 Å². The number of carbonyl (C=O) groups excluding carboxylic acids is 1. The molecule has 0 aromatic carbocycles. The Morgan fingerprint density at radius 2 is 2.00 bits per heavy atom. The van der Waals surface area contributed by atoms with Crippen molar-refractivity contribution in [2.45, 2.75) is 32.4 Å². The van der Waals surface area contributed by atoms with Crippen LogP contribution < -0.4 is 0 Å². The molecule has 100 valence electrons. The standard InChI is InChI=1S/C13H20N2O3/c1-13(2,3)18-12(17)15(4)11(9-16)10-5-7-14-8-6-10/h5-8,11,16H,9H2,1-4H3. The van der Waals surface area contributed by atoms with Gasteiger partial charge in [0, 0.05) is 19.4 Å². The zero-order valence-corrected chi connectivity index (χ0v) is 11.3. The number of rotatable bonds is 3. The van der Waals surface area contributed by atoms with Crippen LogP contribution in [0.4, 0.5) is 4.79 Å². The summed E-state index contributed by atoms with van der Waals surface area (Å²) in [5.74, 6) is 0. The quantitative estimate of drug-likeness (QED) is 0.893. The lowest BCUT2D eigenvalue weighted by Gasteiger charge is -2.29. The number of carbonyl (C=O) groups is 1. The first kappa shape index (κ1) is 14.4. The molecule has 5 heteroatoms. The van der Waals surface area contributed by atoms with Crippen molar-refractivity contribution < 1.29 is 14.6 Å². The molecule has 0 fully saturated rings. The molecule has 0 aliphatic rings. The Morgan fingerprint density at radius 3 is 2.44 bits per heavy atom. The van der Waals surface area contributed by atoms with Crippen molar-refractivity contribution in [2.75, 3.05) is 13.7 Å². The Balaban J connectivity index is 2.80. The first-order valence-electron chi connectivity index (χ1n) is 5.81. The molecule has 1 amide bonds. The summed E-state index contributed by atoms with van der Waals surface area (Å²) >= 11 is 0. The highest BCUT2D eigenvalue weighted by atomic mass is 16.6. The number of amides is 1. The molecule has 18 heavy (non-hydrogen) atoms. The Morgan fingerprint density at radius 1 is 1.44 bits per heavy atom. The number of hydrogen-bond acceptors (Lipinski definition) is 4. The highest BCUT2D eigenvalue weighted by Gasteiger charge is 2.25. The molecular weight excluding hydrogens is 232 g/mol. The van der Waals surface area contributed by atoms with E-state index in [1.807, 2.05) is 0 Å². The smallest absolute Gasteiger partial charge is 0.410 e. The van der Waals surface area contributed by atoms with E-state index in [9.17, 15) is 9.90 Å². The first-order valence-corrected chi connectivity index (χ1v) is 5.81. The number of aliphatic hydroxyl groups is 1. The Labute approximate surface area is 107 Å². The number of ether oxygens (including phenoxy) is 1. The fraction of sp³-hybridized carbons (Fsp3) is 0.538. The first-order chi connectivity index (χ1) is 8.35. The van der Waals surface area contributed by atoms with Crippen LogP contribution in [0.25, 0.3) is 0 Å². The lowest BCUT2D eigenvalue weighted by atomic mass is 10.1. The minimum atomic E-state index is -0.552. The van der Waals surface area contributed by atoms with Gasteiger partial charge in [-0.05, 0) is 38.5 Å². The molecule has 0 saturated carbocycles. The third-order valence-electron chi connectivity index (χ3n) is 2.41. The van der Waals surface area contributed by atoms with E-state index in [0.29, 0.717) is 0 Å². The fourth-order valence-electron chi connectivity index (χ4n) is 1.50. The SMILES string of the molecule is CN(C(=O)OC(C)(C)C)C(CO)c1ccncc1. The third kappa shape index (κ3) is 4.00. The van der Waals surface area contributed by atoms with Gasteiger partial charge in [0.15, 0.2) is 0 Å². The number of hydrogen-bond donors (Lipinski definition) is 1. The van der Waals surface area contributed by atoms with Gasteiger partial charge >= 0.3 is 6.09 Å². The van der Waals surface area contributed by atoms with Crippen LogP contribution in [0.5, 0.6) is 0 Å². The second-order valence-corrected chi connectivity index (χ2v) is 5.07. The molecule has 5 nitrogen and oxygen atoms in total. The van der Waals surface area contributed by atoms with Gasteiger partial charge in [-0.3, -0.25) is 4.98 Å². The Kier molecular flexibility index (Phi) is 4.67. The van der Waals surface area contributed by atoms with Crippen LogP contribution in [0.2, 0.25) is 0 Å². The van der Waals surface area contributed by atoms with E-state index in [-0.39, 0.29) is 6.61 Å². The number of pyridine rings is 1. The lowest BCUT2D eigenvalue weighted by molar-refractivity contribution is 0.0159. The maximum atomic E-state index is 11.9. The maximum Gasteiger partial charge on any atom is 0.410 e. The van der Waals surface area contributed by atoms with Gasteiger partial charge in [-0.2, -0.15) is 0 Å². The van der Waals surface area contributed by atoms with Gasteiger partial charge in [-0.1, -0.05) is 0 Å². The Hall–Kier alpha value is -1.62. The molecule has 1 aromatic rings. The van der Waals surface area contributed by atoms with E-state index in [1.165, 1.54) is 4.90 Å². The minimum absolute atomic E-state index is 0.167. The molecule has 0 spiro atoms. The van der Waals surface area contributed by atoms with Crippen LogP contribution in [-0.2, 0) is 4.74 Å². The van der Waals surface area contributed by atoms with E-state index >= 15 is 0 Å². The van der Waals surface area contributed by atoms with Crippen LogP contribution >= 0.6 is 0 Å². The highest BCUT2D eigenvalue weighted by molar-refractivity contribution is 5.68. The van der Waals surface area contributed by atoms with Gasteiger partial charge in [0.05, 0.1) is 12.6 Å². The number of aromatic nitrogens is 1. The molecule has 0 saturated heterocycles. The molecular formula is C13H20N2O3. The van der Waals surface area contributed by atoms with E-state index in [2.05, 4.69) is 4.98 Å². The van der Waals surface area contributed by atoms with Crippen LogP contribution in [0.15, 0.2) is 24.5 Å². The van der Waals surface area contributed by atoms with Crippen molar-refractivity contribution in [2.24, 2.45) is 0 Å². The fourth-order valence-corrected chi connectivity index (χ4v) is 1.50. The van der Waals surface area contributed by atoms with Gasteiger partial charge in [0.1, 0.15) is 5.60 Å². The highest BCUT2D eigenvalue weighted by Crippen LogP contribution is 2.20. The number of aliphatic hydroxyl groups excluding tert-OH is 1. The predicted molar refractivity (Wildman–Crippen MR) is 68.1 cm³/mol. The zero-order valence-electron chi connectivity index (χ0n) is 11.3. The summed E-state index contributed by atoms with van der Waals surface area (Å²) in [6, 6.07) is 3.10.